The number of allylic oxidation sites excluding steroid dienone is 3. The number of hydrogen-bond donors (Lipinski definition) is 0. The predicted molar refractivity (Wildman–Crippen MR) is 231 cm³/mol. The Morgan fingerprint density at radius 2 is 1.31 bits per heavy atom. The summed E-state index contributed by atoms with van der Waals surface area (Å²) in [5.41, 5.74) is 19.0. The zero-order valence-electron chi connectivity index (χ0n) is 30.7. The Morgan fingerprint density at radius 3 is 2.13 bits per heavy atom. The molecule has 1 heterocycles. The van der Waals surface area contributed by atoms with E-state index in [9.17, 15) is 0 Å². The van der Waals surface area contributed by atoms with Gasteiger partial charge in [-0.15, -0.1) is 11.3 Å². The molecule has 6 aromatic carbocycles. The third kappa shape index (κ3) is 5.00. The average Bonchev–Trinajstić information content (AvgIpc) is 3.79. The van der Waals surface area contributed by atoms with Gasteiger partial charge in [0, 0.05) is 32.8 Å². The monoisotopic (exact) mass is 721 g/mol. The number of anilines is 3. The van der Waals surface area contributed by atoms with Crippen molar-refractivity contribution in [1.29, 1.82) is 0 Å². The highest BCUT2D eigenvalue weighted by Gasteiger charge is 2.45. The van der Waals surface area contributed by atoms with Crippen molar-refractivity contribution in [2.45, 2.75) is 43.9 Å². The Labute approximate surface area is 328 Å². The lowest BCUT2D eigenvalue weighted by atomic mass is 9.68. The number of rotatable bonds is 6. The van der Waals surface area contributed by atoms with Gasteiger partial charge < -0.3 is 4.90 Å². The van der Waals surface area contributed by atoms with E-state index in [1.165, 1.54) is 66.2 Å². The van der Waals surface area contributed by atoms with Gasteiger partial charge in [0.05, 0.1) is 11.1 Å². The summed E-state index contributed by atoms with van der Waals surface area (Å²) >= 11 is 2.02. The molecular formula is C53H39NS. The third-order valence-electron chi connectivity index (χ3n) is 12.2. The van der Waals surface area contributed by atoms with Crippen LogP contribution in [0.4, 0.5) is 17.1 Å². The lowest BCUT2D eigenvalue weighted by molar-refractivity contribution is 0.768. The number of nitrogens with zero attached hydrogens (tertiary/aromatic N) is 1. The lowest BCUT2D eigenvalue weighted by Gasteiger charge is -2.34. The second kappa shape index (κ2) is 13.0. The van der Waals surface area contributed by atoms with E-state index in [1.54, 1.807) is 10.4 Å². The molecule has 0 spiro atoms. The van der Waals surface area contributed by atoms with Gasteiger partial charge in [0.1, 0.15) is 0 Å². The van der Waals surface area contributed by atoms with E-state index in [-0.39, 0.29) is 0 Å². The molecule has 2 heteroatoms. The minimum Gasteiger partial charge on any atom is -0.310 e. The highest BCUT2D eigenvalue weighted by atomic mass is 32.1. The van der Waals surface area contributed by atoms with Gasteiger partial charge in [-0.3, -0.25) is 0 Å². The fourth-order valence-electron chi connectivity index (χ4n) is 9.82. The van der Waals surface area contributed by atoms with Gasteiger partial charge in [-0.2, -0.15) is 0 Å². The molecule has 1 aromatic heterocycles. The Balaban J connectivity index is 1.08. The standard InChI is InChI=1S/C53H39NS/c1-2-18-38(19-3-1)53(48-27-9-6-22-44(48)45-23-7-10-28-49(45)53)39-31-33-40(34-32-39)54(50-29-13-16-36-15-4-5-21-42(36)50)41-20-12-17-37(35-41)43-25-14-26-47-46-24-8-11-30-51(46)55-52(43)47/h1-4,6-10,12,15,17-20,22-25,27-29,31-35H,5,11,14,21,26,30H2. The zero-order chi connectivity index (χ0) is 36.3. The molecule has 11 rings (SSSR count). The molecule has 0 fully saturated rings. The van der Waals surface area contributed by atoms with Crippen molar-refractivity contribution in [3.63, 3.8) is 0 Å². The predicted octanol–water partition coefficient (Wildman–Crippen LogP) is 13.5. The van der Waals surface area contributed by atoms with Crippen LogP contribution in [0.5, 0.6) is 0 Å². The summed E-state index contributed by atoms with van der Waals surface area (Å²) in [7, 11) is 0. The summed E-state index contributed by atoms with van der Waals surface area (Å²) in [6, 6.07) is 56.7. The maximum Gasteiger partial charge on any atom is 0.0713 e. The van der Waals surface area contributed by atoms with Crippen LogP contribution < -0.4 is 4.90 Å². The minimum absolute atomic E-state index is 0.433. The summed E-state index contributed by atoms with van der Waals surface area (Å²) in [6.07, 6.45) is 18.2. The van der Waals surface area contributed by atoms with Gasteiger partial charge in [-0.25, -0.2) is 0 Å². The van der Waals surface area contributed by atoms with Crippen molar-refractivity contribution >= 4 is 46.1 Å². The van der Waals surface area contributed by atoms with E-state index in [2.05, 4.69) is 181 Å². The molecule has 262 valence electrons. The van der Waals surface area contributed by atoms with Crippen LogP contribution in [0, 0.1) is 12.1 Å². The lowest BCUT2D eigenvalue weighted by Crippen LogP contribution is -2.28. The second-order valence-electron chi connectivity index (χ2n) is 15.1. The van der Waals surface area contributed by atoms with Crippen LogP contribution in [-0.4, -0.2) is 0 Å². The van der Waals surface area contributed by atoms with Crippen LogP contribution in [-0.2, 0) is 24.7 Å². The van der Waals surface area contributed by atoms with Gasteiger partial charge >= 0.3 is 0 Å². The average molecular weight is 722 g/mol. The Bertz CT molecular complexity index is 2660. The van der Waals surface area contributed by atoms with Crippen LogP contribution in [0.3, 0.4) is 0 Å². The SMILES string of the molecule is c1cc(N(c2ccc(C3(c4ccccc4)c4ccccc4-c4ccccc43)cc2)c2cccc(C3=CCCc4c3sc3c4C=CCC3)c2)c2c(c#1)C=CCC2. The van der Waals surface area contributed by atoms with Crippen LogP contribution in [0.2, 0.25) is 0 Å². The Kier molecular flexibility index (Phi) is 7.64. The fraction of sp³-hybridized carbons (Fsp3) is 0.132. The van der Waals surface area contributed by atoms with Crippen molar-refractivity contribution in [2.24, 2.45) is 0 Å². The first-order valence-corrected chi connectivity index (χ1v) is 20.5. The van der Waals surface area contributed by atoms with Gasteiger partial charge in [0.2, 0.25) is 0 Å². The largest absolute Gasteiger partial charge is 0.310 e. The summed E-state index contributed by atoms with van der Waals surface area (Å²) in [5, 5.41) is 0. The Morgan fingerprint density at radius 1 is 0.600 bits per heavy atom. The molecule has 0 amide bonds. The molecule has 1 nitrogen and oxygen atoms in total. The molecule has 4 aliphatic rings. The van der Waals surface area contributed by atoms with Crippen LogP contribution in [0.15, 0.2) is 152 Å². The van der Waals surface area contributed by atoms with Gasteiger partial charge in [0.15, 0.2) is 0 Å². The highest BCUT2D eigenvalue weighted by molar-refractivity contribution is 7.13. The summed E-state index contributed by atoms with van der Waals surface area (Å²) in [4.78, 5) is 5.48. The fourth-order valence-corrected chi connectivity index (χ4v) is 11.2. The van der Waals surface area contributed by atoms with E-state index in [4.69, 9.17) is 0 Å². The van der Waals surface area contributed by atoms with Crippen LogP contribution >= 0.6 is 11.3 Å². The van der Waals surface area contributed by atoms with E-state index in [1.807, 2.05) is 11.3 Å². The zero-order valence-corrected chi connectivity index (χ0v) is 31.5. The van der Waals surface area contributed by atoms with E-state index < -0.39 is 5.41 Å². The molecule has 0 atom stereocenters. The van der Waals surface area contributed by atoms with E-state index in [0.29, 0.717) is 0 Å². The van der Waals surface area contributed by atoms with Crippen molar-refractivity contribution < 1.29 is 0 Å². The van der Waals surface area contributed by atoms with Gasteiger partial charge in [-0.05, 0) is 124 Å². The summed E-state index contributed by atoms with van der Waals surface area (Å²) in [5.74, 6) is 0. The van der Waals surface area contributed by atoms with Crippen molar-refractivity contribution in [3.05, 3.63) is 224 Å². The molecule has 0 bridgehead atoms. The maximum absolute atomic E-state index is 3.42. The Hall–Kier alpha value is -6.14. The normalized spacial score (nSPS) is 15.5. The van der Waals surface area contributed by atoms with Crippen molar-refractivity contribution in [1.82, 2.24) is 0 Å². The third-order valence-corrected chi connectivity index (χ3v) is 13.5. The number of hydrogen-bond acceptors (Lipinski definition) is 2. The van der Waals surface area contributed by atoms with Gasteiger partial charge in [-0.1, -0.05) is 146 Å². The van der Waals surface area contributed by atoms with Crippen LogP contribution in [0.1, 0.15) is 79.1 Å². The number of benzene rings is 5. The first-order chi connectivity index (χ1) is 27.3. The molecule has 0 N–H and O–H groups in total. The first-order valence-electron chi connectivity index (χ1n) is 19.7. The number of thiophene rings is 1. The highest BCUT2D eigenvalue weighted by Crippen LogP contribution is 2.56. The molecule has 0 unspecified atom stereocenters. The molecule has 0 radical (unpaired) electrons. The van der Waals surface area contributed by atoms with Crippen molar-refractivity contribution in [3.8, 4) is 11.1 Å². The molecule has 0 saturated carbocycles. The van der Waals surface area contributed by atoms with Crippen LogP contribution in [0.25, 0.3) is 28.9 Å². The molecule has 7 aromatic rings. The second-order valence-corrected chi connectivity index (χ2v) is 16.2. The van der Waals surface area contributed by atoms with E-state index >= 15 is 0 Å². The quantitative estimate of drug-likeness (QED) is 0.165. The molecule has 4 aliphatic carbocycles. The maximum atomic E-state index is 3.42. The topological polar surface area (TPSA) is 3.24 Å². The smallest absolute Gasteiger partial charge is 0.0713 e. The van der Waals surface area contributed by atoms with Gasteiger partial charge in [0.25, 0.3) is 0 Å². The number of aryl methyl sites for hydroxylation is 1. The first kappa shape index (κ1) is 32.3. The molecule has 0 aliphatic heterocycles. The minimum atomic E-state index is -0.433. The van der Waals surface area contributed by atoms with E-state index in [0.717, 1.165) is 55.5 Å². The molecule has 55 heavy (non-hydrogen) atoms. The molecular weight excluding hydrogens is 683 g/mol. The summed E-state index contributed by atoms with van der Waals surface area (Å²) in [6.45, 7) is 0. The molecule has 0 saturated heterocycles. The summed E-state index contributed by atoms with van der Waals surface area (Å²) < 4.78 is 0. The number of fused-ring (bicyclic) bond motifs is 7. The van der Waals surface area contributed by atoms with Crippen molar-refractivity contribution in [2.75, 3.05) is 4.90 Å².